The molecule has 6 nitrogen and oxygen atoms in total. The summed E-state index contributed by atoms with van der Waals surface area (Å²) in [6.07, 6.45) is 2.68. The van der Waals surface area contributed by atoms with Gasteiger partial charge in [0.1, 0.15) is 16.4 Å². The summed E-state index contributed by atoms with van der Waals surface area (Å²) in [7, 11) is -2.56. The summed E-state index contributed by atoms with van der Waals surface area (Å²) < 4.78 is 30.2. The van der Waals surface area contributed by atoms with E-state index in [0.29, 0.717) is 27.2 Å². The van der Waals surface area contributed by atoms with E-state index in [-0.39, 0.29) is 0 Å². The molecule has 1 N–H and O–H groups in total. The standard InChI is InChI=1S/C20H16ClNO5S/c1-27-17-8-3-13(4-9-17)2-7-16(23)12-28(25,26)19-10-14-5-6-15(21)11-18(14)22-20(19)24/h2-11H,12H2,1H3,(H,22,24). The van der Waals surface area contributed by atoms with Gasteiger partial charge < -0.3 is 9.72 Å². The van der Waals surface area contributed by atoms with Gasteiger partial charge in [-0.05, 0) is 47.4 Å². The zero-order chi connectivity index (χ0) is 20.3. The first-order valence-corrected chi connectivity index (χ1v) is 10.2. The molecule has 0 radical (unpaired) electrons. The second-order valence-corrected chi connectivity index (χ2v) is 8.42. The van der Waals surface area contributed by atoms with Gasteiger partial charge in [-0.3, -0.25) is 9.59 Å². The second kappa shape index (κ2) is 8.00. The van der Waals surface area contributed by atoms with Crippen LogP contribution in [0.5, 0.6) is 5.75 Å². The molecule has 3 rings (SSSR count). The van der Waals surface area contributed by atoms with E-state index < -0.39 is 31.8 Å². The lowest BCUT2D eigenvalue weighted by atomic mass is 10.2. The van der Waals surface area contributed by atoms with Gasteiger partial charge in [-0.2, -0.15) is 0 Å². The van der Waals surface area contributed by atoms with E-state index in [1.54, 1.807) is 43.5 Å². The molecule has 3 aromatic rings. The van der Waals surface area contributed by atoms with Crippen molar-refractivity contribution in [3.8, 4) is 5.75 Å². The number of sulfone groups is 1. The van der Waals surface area contributed by atoms with Crippen molar-refractivity contribution in [2.24, 2.45) is 0 Å². The molecular weight excluding hydrogens is 402 g/mol. The predicted molar refractivity (Wildman–Crippen MR) is 109 cm³/mol. The zero-order valence-electron chi connectivity index (χ0n) is 14.8. The maximum Gasteiger partial charge on any atom is 0.267 e. The average molecular weight is 418 g/mol. The van der Waals surface area contributed by atoms with E-state index >= 15 is 0 Å². The maximum atomic E-state index is 12.6. The Morgan fingerprint density at radius 2 is 1.86 bits per heavy atom. The van der Waals surface area contributed by atoms with Crippen LogP contribution in [0.4, 0.5) is 0 Å². The maximum absolute atomic E-state index is 12.6. The number of pyridine rings is 1. The third-order valence-corrected chi connectivity index (χ3v) is 5.89. The van der Waals surface area contributed by atoms with Crippen LogP contribution in [0, 0.1) is 0 Å². The van der Waals surface area contributed by atoms with Crippen molar-refractivity contribution in [3.05, 3.63) is 75.5 Å². The number of aromatic nitrogens is 1. The summed E-state index contributed by atoms with van der Waals surface area (Å²) >= 11 is 5.87. The fourth-order valence-corrected chi connectivity index (χ4v) is 4.04. The molecule has 0 spiro atoms. The molecule has 0 bridgehead atoms. The molecule has 0 aliphatic heterocycles. The van der Waals surface area contributed by atoms with E-state index in [1.807, 2.05) is 0 Å². The number of ether oxygens (including phenoxy) is 1. The van der Waals surface area contributed by atoms with E-state index in [2.05, 4.69) is 4.98 Å². The highest BCUT2D eigenvalue weighted by Gasteiger charge is 2.22. The Morgan fingerprint density at radius 3 is 2.54 bits per heavy atom. The summed E-state index contributed by atoms with van der Waals surface area (Å²) in [5.41, 5.74) is 0.343. The van der Waals surface area contributed by atoms with E-state index in [4.69, 9.17) is 16.3 Å². The largest absolute Gasteiger partial charge is 0.497 e. The topological polar surface area (TPSA) is 93.3 Å². The van der Waals surface area contributed by atoms with E-state index in [0.717, 1.165) is 0 Å². The highest BCUT2D eigenvalue weighted by Crippen LogP contribution is 2.19. The van der Waals surface area contributed by atoms with Crippen molar-refractivity contribution >= 4 is 44.2 Å². The van der Waals surface area contributed by atoms with Gasteiger partial charge in [0.15, 0.2) is 15.6 Å². The number of H-pyrrole nitrogens is 1. The number of aromatic amines is 1. The first-order chi connectivity index (χ1) is 13.3. The first kappa shape index (κ1) is 19.9. The van der Waals surface area contributed by atoms with Crippen LogP contribution < -0.4 is 10.3 Å². The third kappa shape index (κ3) is 4.49. The number of ketones is 1. The summed E-state index contributed by atoms with van der Waals surface area (Å²) in [5.74, 6) is -0.767. The number of hydrogen-bond acceptors (Lipinski definition) is 5. The van der Waals surface area contributed by atoms with Gasteiger partial charge >= 0.3 is 0 Å². The summed E-state index contributed by atoms with van der Waals surface area (Å²) in [6.45, 7) is 0. The summed E-state index contributed by atoms with van der Waals surface area (Å²) in [6, 6.07) is 12.9. The van der Waals surface area contributed by atoms with Crippen LogP contribution in [0.2, 0.25) is 5.02 Å². The Kier molecular flexibility index (Phi) is 5.67. The molecule has 2 aromatic carbocycles. The molecule has 28 heavy (non-hydrogen) atoms. The number of nitrogens with one attached hydrogen (secondary N) is 1. The normalized spacial score (nSPS) is 11.8. The van der Waals surface area contributed by atoms with Crippen molar-refractivity contribution in [1.82, 2.24) is 4.98 Å². The lowest BCUT2D eigenvalue weighted by Gasteiger charge is -2.04. The molecule has 0 atom stereocenters. The molecule has 0 fully saturated rings. The molecule has 0 saturated carbocycles. The van der Waals surface area contributed by atoms with Crippen LogP contribution in [0.25, 0.3) is 17.0 Å². The Balaban J connectivity index is 1.82. The smallest absolute Gasteiger partial charge is 0.267 e. The van der Waals surface area contributed by atoms with Crippen molar-refractivity contribution in [2.75, 3.05) is 12.9 Å². The van der Waals surface area contributed by atoms with E-state index in [9.17, 15) is 18.0 Å². The van der Waals surface area contributed by atoms with E-state index in [1.165, 1.54) is 24.3 Å². The number of allylic oxidation sites excluding steroid dienone is 1. The van der Waals surface area contributed by atoms with Crippen molar-refractivity contribution in [1.29, 1.82) is 0 Å². The van der Waals surface area contributed by atoms with Crippen LogP contribution in [-0.4, -0.2) is 32.0 Å². The molecule has 144 valence electrons. The van der Waals surface area contributed by atoms with Crippen molar-refractivity contribution in [2.45, 2.75) is 4.90 Å². The molecule has 0 aliphatic carbocycles. The number of rotatable bonds is 6. The minimum Gasteiger partial charge on any atom is -0.497 e. The fourth-order valence-electron chi connectivity index (χ4n) is 2.60. The predicted octanol–water partition coefficient (Wildman–Crippen LogP) is 3.25. The summed E-state index contributed by atoms with van der Waals surface area (Å²) in [5, 5.41) is 0.918. The minimum absolute atomic E-state index is 0.414. The average Bonchev–Trinajstić information content (AvgIpc) is 2.65. The zero-order valence-corrected chi connectivity index (χ0v) is 16.4. The molecule has 1 heterocycles. The van der Waals surface area contributed by atoms with Gasteiger partial charge in [-0.15, -0.1) is 0 Å². The molecular formula is C20H16ClNO5S. The highest BCUT2D eigenvalue weighted by atomic mass is 35.5. The number of halogens is 1. The quantitative estimate of drug-likeness (QED) is 0.621. The third-order valence-electron chi connectivity index (χ3n) is 4.02. The molecule has 1 aromatic heterocycles. The van der Waals surface area contributed by atoms with Crippen LogP contribution in [-0.2, 0) is 14.6 Å². The Labute approximate surface area is 166 Å². The molecule has 0 unspecified atom stereocenters. The van der Waals surface area contributed by atoms with Crippen LogP contribution in [0.3, 0.4) is 0 Å². The Morgan fingerprint density at radius 1 is 1.14 bits per heavy atom. The van der Waals surface area contributed by atoms with Crippen molar-refractivity contribution < 1.29 is 17.9 Å². The molecule has 0 saturated heterocycles. The van der Waals surface area contributed by atoms with Crippen LogP contribution >= 0.6 is 11.6 Å². The number of fused-ring (bicyclic) bond motifs is 1. The van der Waals surface area contributed by atoms with Gasteiger partial charge in [0, 0.05) is 10.5 Å². The first-order valence-electron chi connectivity index (χ1n) is 8.19. The number of methoxy groups -OCH3 is 1. The van der Waals surface area contributed by atoms with Gasteiger partial charge in [0.05, 0.1) is 7.11 Å². The number of benzene rings is 2. The number of carbonyl (C=O) groups is 1. The second-order valence-electron chi connectivity index (χ2n) is 6.03. The van der Waals surface area contributed by atoms with Gasteiger partial charge in [-0.1, -0.05) is 35.9 Å². The lowest BCUT2D eigenvalue weighted by molar-refractivity contribution is -0.112. The molecule has 8 heteroatoms. The number of carbonyl (C=O) groups excluding carboxylic acids is 1. The van der Waals surface area contributed by atoms with Gasteiger partial charge in [0.2, 0.25) is 0 Å². The van der Waals surface area contributed by atoms with Gasteiger partial charge in [0.25, 0.3) is 5.56 Å². The van der Waals surface area contributed by atoms with Crippen LogP contribution in [0.1, 0.15) is 5.56 Å². The molecule has 0 aliphatic rings. The SMILES string of the molecule is COc1ccc(C=CC(=O)CS(=O)(=O)c2cc3ccc(Cl)cc3[nH]c2=O)cc1. The minimum atomic E-state index is -4.10. The Hall–Kier alpha value is -2.90. The number of hydrogen-bond donors (Lipinski definition) is 1. The van der Waals surface area contributed by atoms with Crippen molar-refractivity contribution in [3.63, 3.8) is 0 Å². The van der Waals surface area contributed by atoms with Crippen LogP contribution in [0.15, 0.2) is 64.3 Å². The highest BCUT2D eigenvalue weighted by molar-refractivity contribution is 7.92. The fraction of sp³-hybridized carbons (Fsp3) is 0.100. The Bertz CT molecular complexity index is 1230. The van der Waals surface area contributed by atoms with Gasteiger partial charge in [-0.25, -0.2) is 8.42 Å². The monoisotopic (exact) mass is 417 g/mol. The summed E-state index contributed by atoms with van der Waals surface area (Å²) in [4.78, 5) is 26.4. The molecule has 0 amide bonds. The lowest BCUT2D eigenvalue weighted by Crippen LogP contribution is -2.22.